The monoisotopic (exact) mass is 474 g/mol. The zero-order valence-electron chi connectivity index (χ0n) is 19.2. The van der Waals surface area contributed by atoms with Crippen LogP contribution in [0.25, 0.3) is 0 Å². The Morgan fingerprint density at radius 1 is 1.29 bits per heavy atom. The van der Waals surface area contributed by atoms with Crippen molar-refractivity contribution in [2.75, 3.05) is 40.5 Å². The number of nitrogens with one attached hydrogen (secondary N) is 1. The lowest BCUT2D eigenvalue weighted by atomic mass is 9.77. The molecule has 34 heavy (non-hydrogen) atoms. The molecule has 1 fully saturated rings. The molecule has 0 bridgehead atoms. The minimum absolute atomic E-state index is 0.0422. The fourth-order valence-corrected chi connectivity index (χ4v) is 4.72. The van der Waals surface area contributed by atoms with Crippen LogP contribution in [0.2, 0.25) is 0 Å². The highest BCUT2D eigenvalue weighted by molar-refractivity contribution is 5.96. The van der Waals surface area contributed by atoms with Gasteiger partial charge in [-0.25, -0.2) is 0 Å². The average Bonchev–Trinajstić information content (AvgIpc) is 3.63. The molecule has 0 unspecified atom stereocenters. The molecular weight excluding hydrogens is 444 g/mol. The number of nitrogens with zero attached hydrogens (tertiary/aromatic N) is 1. The molecule has 1 aliphatic heterocycles. The maximum absolute atomic E-state index is 13.2. The van der Waals surface area contributed by atoms with E-state index in [2.05, 4.69) is 5.32 Å². The van der Waals surface area contributed by atoms with E-state index < -0.39 is 30.1 Å². The summed E-state index contributed by atoms with van der Waals surface area (Å²) >= 11 is 0. The van der Waals surface area contributed by atoms with Crippen LogP contribution in [0.1, 0.15) is 34.7 Å². The van der Waals surface area contributed by atoms with Gasteiger partial charge in [0.15, 0.2) is 11.5 Å². The Bertz CT molecular complexity index is 989. The molecule has 184 valence electrons. The van der Waals surface area contributed by atoms with Crippen LogP contribution in [0.4, 0.5) is 0 Å². The van der Waals surface area contributed by atoms with E-state index in [0.29, 0.717) is 34.5 Å². The molecule has 10 heteroatoms. The molecule has 4 rings (SSSR count). The average molecular weight is 475 g/mol. The summed E-state index contributed by atoms with van der Waals surface area (Å²) in [5.74, 6) is -0.660. The SMILES string of the molecule is COCCN(C(=O)C1CC1)[C@@H]1C=C(C(=O)NCCO)[C@@H]2c3cc(C=O)cc(OC)c3O[C@@H]2[C@H]1O. The highest BCUT2D eigenvalue weighted by atomic mass is 16.5. The van der Waals surface area contributed by atoms with Gasteiger partial charge in [0.05, 0.1) is 32.3 Å². The number of rotatable bonds is 10. The Morgan fingerprint density at radius 3 is 2.68 bits per heavy atom. The van der Waals surface area contributed by atoms with Crippen molar-refractivity contribution in [1.82, 2.24) is 10.2 Å². The molecule has 1 aromatic carbocycles. The van der Waals surface area contributed by atoms with Crippen LogP contribution in [0.5, 0.6) is 11.5 Å². The molecule has 4 atom stereocenters. The first-order chi connectivity index (χ1) is 16.4. The Kier molecular flexibility index (Phi) is 7.20. The summed E-state index contributed by atoms with van der Waals surface area (Å²) in [4.78, 5) is 39.3. The van der Waals surface area contributed by atoms with Gasteiger partial charge in [-0.2, -0.15) is 0 Å². The number of amides is 2. The van der Waals surface area contributed by atoms with Crippen molar-refractivity contribution in [3.63, 3.8) is 0 Å². The molecule has 0 aromatic heterocycles. The molecular formula is C24H30N2O8. The molecule has 10 nitrogen and oxygen atoms in total. The Hall–Kier alpha value is -2.95. The molecule has 1 aromatic rings. The van der Waals surface area contributed by atoms with Crippen LogP contribution in [0.3, 0.4) is 0 Å². The maximum Gasteiger partial charge on any atom is 0.247 e. The van der Waals surface area contributed by atoms with Crippen LogP contribution < -0.4 is 14.8 Å². The predicted molar refractivity (Wildman–Crippen MR) is 120 cm³/mol. The number of carbonyl (C=O) groups is 3. The van der Waals surface area contributed by atoms with Crippen LogP contribution in [-0.4, -0.2) is 92.0 Å². The topological polar surface area (TPSA) is 135 Å². The number of aliphatic hydroxyl groups excluding tert-OH is 2. The smallest absolute Gasteiger partial charge is 0.247 e. The number of aldehydes is 1. The highest BCUT2D eigenvalue weighted by Crippen LogP contribution is 2.51. The number of methoxy groups -OCH3 is 2. The number of ether oxygens (including phenoxy) is 3. The highest BCUT2D eigenvalue weighted by Gasteiger charge is 2.52. The van der Waals surface area contributed by atoms with Crippen LogP contribution in [-0.2, 0) is 14.3 Å². The zero-order chi connectivity index (χ0) is 24.4. The zero-order valence-corrected chi connectivity index (χ0v) is 19.2. The Balaban J connectivity index is 1.79. The van der Waals surface area contributed by atoms with Crippen LogP contribution in [0, 0.1) is 5.92 Å². The molecule has 0 radical (unpaired) electrons. The van der Waals surface area contributed by atoms with Gasteiger partial charge in [0.25, 0.3) is 0 Å². The third-order valence-electron chi connectivity index (χ3n) is 6.52. The van der Waals surface area contributed by atoms with Crippen molar-refractivity contribution in [1.29, 1.82) is 0 Å². The second kappa shape index (κ2) is 10.1. The summed E-state index contributed by atoms with van der Waals surface area (Å²) in [7, 11) is 2.98. The number of hydrogen-bond acceptors (Lipinski definition) is 8. The van der Waals surface area contributed by atoms with Crippen LogP contribution >= 0.6 is 0 Å². The van der Waals surface area contributed by atoms with E-state index in [4.69, 9.17) is 14.2 Å². The van der Waals surface area contributed by atoms with Crippen molar-refractivity contribution in [3.05, 3.63) is 34.9 Å². The standard InChI is InChI=1S/C24H30N2O8/c1-32-8-6-26(24(31)14-3-4-14)17-11-16(23(30)25-5-7-27)19-15-9-13(12-28)10-18(33-2)21(15)34-22(19)20(17)29/h9-12,14,17,19-20,22,27,29H,3-8H2,1-2H3,(H,25,30)/t17-,19+,20+,22+/m1/s1. The van der Waals surface area contributed by atoms with E-state index in [1.165, 1.54) is 20.3 Å². The second-order valence-corrected chi connectivity index (χ2v) is 8.70. The molecule has 2 aliphatic carbocycles. The molecule has 1 heterocycles. The van der Waals surface area contributed by atoms with E-state index in [0.717, 1.165) is 12.8 Å². The van der Waals surface area contributed by atoms with Crippen molar-refractivity contribution in [3.8, 4) is 11.5 Å². The maximum atomic E-state index is 13.2. The summed E-state index contributed by atoms with van der Waals surface area (Å²) in [5.41, 5.74) is 1.19. The van der Waals surface area contributed by atoms with Crippen molar-refractivity contribution in [2.24, 2.45) is 5.92 Å². The molecule has 0 saturated heterocycles. The largest absolute Gasteiger partial charge is 0.493 e. The first kappa shape index (κ1) is 24.2. The quantitative estimate of drug-likeness (QED) is 0.404. The summed E-state index contributed by atoms with van der Waals surface area (Å²) in [5, 5.41) is 23.3. The van der Waals surface area contributed by atoms with Gasteiger partial charge in [-0.15, -0.1) is 0 Å². The second-order valence-electron chi connectivity index (χ2n) is 8.70. The molecule has 3 N–H and O–H groups in total. The lowest BCUT2D eigenvalue weighted by Gasteiger charge is -2.40. The minimum Gasteiger partial charge on any atom is -0.493 e. The molecule has 1 saturated carbocycles. The fraction of sp³-hybridized carbons (Fsp3) is 0.542. The Morgan fingerprint density at radius 2 is 2.06 bits per heavy atom. The normalized spacial score (nSPS) is 24.9. The third-order valence-corrected chi connectivity index (χ3v) is 6.52. The van der Waals surface area contributed by atoms with E-state index in [-0.39, 0.29) is 38.1 Å². The van der Waals surface area contributed by atoms with E-state index >= 15 is 0 Å². The summed E-state index contributed by atoms with van der Waals surface area (Å²) in [6.45, 7) is 0.321. The number of aliphatic hydroxyl groups is 2. The first-order valence-electron chi connectivity index (χ1n) is 11.4. The van der Waals surface area contributed by atoms with Gasteiger partial charge in [0.1, 0.15) is 18.5 Å². The summed E-state index contributed by atoms with van der Waals surface area (Å²) in [6, 6.07) is 2.34. The summed E-state index contributed by atoms with van der Waals surface area (Å²) in [6.07, 6.45) is 1.83. The van der Waals surface area contributed by atoms with E-state index in [9.17, 15) is 24.6 Å². The van der Waals surface area contributed by atoms with Gasteiger partial charge < -0.3 is 34.6 Å². The lowest BCUT2D eigenvalue weighted by molar-refractivity contribution is -0.139. The minimum atomic E-state index is -1.14. The van der Waals surface area contributed by atoms with E-state index in [1.807, 2.05) is 0 Å². The Labute approximate surface area is 197 Å². The molecule has 2 amide bonds. The lowest BCUT2D eigenvalue weighted by Crippen LogP contribution is -2.56. The number of hydrogen-bond donors (Lipinski definition) is 3. The first-order valence-corrected chi connectivity index (χ1v) is 11.4. The number of fused-ring (bicyclic) bond motifs is 3. The third kappa shape index (κ3) is 4.40. The van der Waals surface area contributed by atoms with Gasteiger partial charge >= 0.3 is 0 Å². The van der Waals surface area contributed by atoms with Gasteiger partial charge in [-0.1, -0.05) is 0 Å². The van der Waals surface area contributed by atoms with E-state index in [1.54, 1.807) is 17.0 Å². The summed E-state index contributed by atoms with van der Waals surface area (Å²) < 4.78 is 16.7. The van der Waals surface area contributed by atoms with Gasteiger partial charge in [0, 0.05) is 42.8 Å². The van der Waals surface area contributed by atoms with Gasteiger partial charge in [-0.05, 0) is 31.1 Å². The predicted octanol–water partition coefficient (Wildman–Crippen LogP) is 0.0153. The number of benzene rings is 1. The molecule has 3 aliphatic rings. The number of carbonyl (C=O) groups excluding carboxylic acids is 3. The molecule has 0 spiro atoms. The van der Waals surface area contributed by atoms with Gasteiger partial charge in [-0.3, -0.25) is 14.4 Å². The fourth-order valence-electron chi connectivity index (χ4n) is 4.72. The van der Waals surface area contributed by atoms with Crippen molar-refractivity contribution < 1.29 is 38.8 Å². The van der Waals surface area contributed by atoms with Crippen molar-refractivity contribution in [2.45, 2.75) is 37.0 Å². The van der Waals surface area contributed by atoms with Crippen LogP contribution in [0.15, 0.2) is 23.8 Å². The van der Waals surface area contributed by atoms with Gasteiger partial charge in [0.2, 0.25) is 11.8 Å². The van der Waals surface area contributed by atoms with Crippen molar-refractivity contribution >= 4 is 18.1 Å².